The number of nitrogens with one attached hydrogen (secondary N) is 1. The molecule has 0 saturated carbocycles. The maximum absolute atomic E-state index is 11.5. The van der Waals surface area contributed by atoms with Crippen molar-refractivity contribution in [1.82, 2.24) is 15.2 Å². The first-order valence-electron chi connectivity index (χ1n) is 4.65. The summed E-state index contributed by atoms with van der Waals surface area (Å²) in [4.78, 5) is 4.27. The number of nitrogens with zero attached hydrogens (tertiary/aromatic N) is 2. The fraction of sp³-hybridized carbons (Fsp3) is 0.200. The van der Waals surface area contributed by atoms with Crippen molar-refractivity contribution >= 4 is 9.84 Å². The predicted octanol–water partition coefficient (Wildman–Crippen LogP) is 1.18. The second-order valence-corrected chi connectivity index (χ2v) is 5.65. The Morgan fingerprint density at radius 2 is 2.00 bits per heavy atom. The zero-order valence-electron chi connectivity index (χ0n) is 8.93. The third-order valence-corrected chi connectivity index (χ3v) is 3.24. The highest BCUT2D eigenvalue weighted by Crippen LogP contribution is 2.21. The van der Waals surface area contributed by atoms with Gasteiger partial charge in [-0.15, -0.1) is 0 Å². The molecule has 0 aliphatic heterocycles. The van der Waals surface area contributed by atoms with Crippen LogP contribution in [-0.4, -0.2) is 29.9 Å². The lowest BCUT2D eigenvalue weighted by molar-refractivity contribution is 0.602. The monoisotopic (exact) mass is 237 g/mol. The van der Waals surface area contributed by atoms with E-state index in [1.807, 2.05) is 13.0 Å². The first-order valence-corrected chi connectivity index (χ1v) is 6.54. The van der Waals surface area contributed by atoms with Crippen molar-refractivity contribution < 1.29 is 8.42 Å². The highest BCUT2D eigenvalue weighted by atomic mass is 32.2. The lowest BCUT2D eigenvalue weighted by Crippen LogP contribution is -1.98. The summed E-state index contributed by atoms with van der Waals surface area (Å²) in [7, 11) is -3.20. The van der Waals surface area contributed by atoms with Crippen LogP contribution in [0, 0.1) is 6.92 Å². The average Bonchev–Trinajstić information content (AvgIpc) is 2.68. The van der Waals surface area contributed by atoms with E-state index in [4.69, 9.17) is 0 Å². The molecule has 84 valence electrons. The lowest BCUT2D eigenvalue weighted by Gasteiger charge is -2.03. The molecule has 0 bridgehead atoms. The van der Waals surface area contributed by atoms with E-state index in [9.17, 15) is 8.42 Å². The molecule has 6 heteroatoms. The van der Waals surface area contributed by atoms with Gasteiger partial charge >= 0.3 is 0 Å². The van der Waals surface area contributed by atoms with Gasteiger partial charge in [0.25, 0.3) is 0 Å². The van der Waals surface area contributed by atoms with Gasteiger partial charge in [-0.1, -0.05) is 0 Å². The molecule has 2 rings (SSSR count). The van der Waals surface area contributed by atoms with Crippen LogP contribution >= 0.6 is 0 Å². The Labute approximate surface area is 93.5 Å². The van der Waals surface area contributed by atoms with Gasteiger partial charge in [-0.25, -0.2) is 13.4 Å². The average molecular weight is 237 g/mol. The molecular weight excluding hydrogens is 226 g/mol. The number of aromatic amines is 1. The molecule has 1 aromatic carbocycles. The minimum atomic E-state index is -3.20. The van der Waals surface area contributed by atoms with Gasteiger partial charge in [0.2, 0.25) is 0 Å². The van der Waals surface area contributed by atoms with Gasteiger partial charge < -0.3 is 0 Å². The maximum Gasteiger partial charge on any atom is 0.180 e. The van der Waals surface area contributed by atoms with Crippen molar-refractivity contribution in [2.75, 3.05) is 6.26 Å². The Morgan fingerprint density at radius 3 is 2.56 bits per heavy atom. The second kappa shape index (κ2) is 3.71. The number of sulfone groups is 1. The summed E-state index contributed by atoms with van der Waals surface area (Å²) in [6.45, 7) is 1.84. The molecule has 0 aliphatic rings. The first-order chi connectivity index (χ1) is 7.47. The normalized spacial score (nSPS) is 11.6. The molecule has 5 nitrogen and oxygen atoms in total. The van der Waals surface area contributed by atoms with Crippen LogP contribution < -0.4 is 0 Å². The second-order valence-electron chi connectivity index (χ2n) is 3.63. The molecule has 0 amide bonds. The number of H-pyrrole nitrogens is 1. The topological polar surface area (TPSA) is 75.7 Å². The summed E-state index contributed by atoms with van der Waals surface area (Å²) in [6.07, 6.45) is 2.64. The van der Waals surface area contributed by atoms with Crippen LogP contribution in [0.4, 0.5) is 0 Å². The quantitative estimate of drug-likeness (QED) is 0.851. The molecular formula is C10H11N3O2S. The van der Waals surface area contributed by atoms with Crippen molar-refractivity contribution in [2.45, 2.75) is 11.8 Å². The molecule has 0 radical (unpaired) electrons. The molecule has 0 saturated heterocycles. The number of aryl methyl sites for hydroxylation is 1. The van der Waals surface area contributed by atoms with Crippen LogP contribution in [0.5, 0.6) is 0 Å². The molecule has 0 aliphatic carbocycles. The van der Waals surface area contributed by atoms with Crippen LogP contribution in [-0.2, 0) is 9.84 Å². The molecule has 1 heterocycles. The molecule has 0 spiro atoms. The molecule has 1 aromatic heterocycles. The Kier molecular flexibility index (Phi) is 2.51. The summed E-state index contributed by atoms with van der Waals surface area (Å²) in [5.74, 6) is 0.494. The van der Waals surface area contributed by atoms with Crippen LogP contribution in [0.1, 0.15) is 5.56 Å². The van der Waals surface area contributed by atoms with E-state index in [1.54, 1.807) is 12.1 Å². The van der Waals surface area contributed by atoms with Gasteiger partial charge in [-0.2, -0.15) is 5.10 Å². The standard InChI is InChI=1S/C10H11N3O2S/c1-7-3-8(10-11-6-12-13-10)5-9(4-7)16(2,14)15/h3-6H,1-2H3,(H,11,12,13). The Morgan fingerprint density at radius 1 is 1.25 bits per heavy atom. The summed E-state index contributed by atoms with van der Waals surface area (Å²) in [5.41, 5.74) is 1.56. The summed E-state index contributed by atoms with van der Waals surface area (Å²) < 4.78 is 22.9. The van der Waals surface area contributed by atoms with E-state index in [0.29, 0.717) is 11.4 Å². The summed E-state index contributed by atoms with van der Waals surface area (Å²) in [6, 6.07) is 5.05. The smallest absolute Gasteiger partial charge is 0.180 e. The predicted molar refractivity (Wildman–Crippen MR) is 59.7 cm³/mol. The summed E-state index contributed by atoms with van der Waals surface area (Å²) in [5, 5.41) is 6.52. The Hall–Kier alpha value is -1.69. The zero-order valence-corrected chi connectivity index (χ0v) is 9.75. The largest absolute Gasteiger partial charge is 0.265 e. The highest BCUT2D eigenvalue weighted by molar-refractivity contribution is 7.90. The fourth-order valence-corrected chi connectivity index (χ4v) is 2.18. The van der Waals surface area contributed by atoms with E-state index in [0.717, 1.165) is 5.56 Å². The number of hydrogen-bond donors (Lipinski definition) is 1. The lowest BCUT2D eigenvalue weighted by atomic mass is 10.1. The first kappa shape index (κ1) is 10.8. The number of benzene rings is 1. The van der Waals surface area contributed by atoms with E-state index >= 15 is 0 Å². The third kappa shape index (κ3) is 2.11. The van der Waals surface area contributed by atoms with Crippen molar-refractivity contribution in [2.24, 2.45) is 0 Å². The van der Waals surface area contributed by atoms with Gasteiger partial charge in [0, 0.05) is 11.8 Å². The van der Waals surface area contributed by atoms with Crippen LogP contribution in [0.25, 0.3) is 11.4 Å². The number of aromatic nitrogens is 3. The van der Waals surface area contributed by atoms with E-state index in [-0.39, 0.29) is 4.90 Å². The molecule has 0 fully saturated rings. The highest BCUT2D eigenvalue weighted by Gasteiger charge is 2.11. The van der Waals surface area contributed by atoms with E-state index < -0.39 is 9.84 Å². The molecule has 0 atom stereocenters. The SMILES string of the molecule is Cc1cc(-c2nc[nH]n2)cc(S(C)(=O)=O)c1. The van der Waals surface area contributed by atoms with Gasteiger partial charge in [-0.3, -0.25) is 5.10 Å². The van der Waals surface area contributed by atoms with Crippen molar-refractivity contribution in [1.29, 1.82) is 0 Å². The molecule has 2 aromatic rings. The maximum atomic E-state index is 11.5. The van der Waals surface area contributed by atoms with Gasteiger partial charge in [0.05, 0.1) is 4.90 Å². The van der Waals surface area contributed by atoms with Crippen molar-refractivity contribution in [3.63, 3.8) is 0 Å². The zero-order chi connectivity index (χ0) is 11.8. The minimum Gasteiger partial charge on any atom is -0.265 e. The minimum absolute atomic E-state index is 0.285. The van der Waals surface area contributed by atoms with Crippen molar-refractivity contribution in [3.05, 3.63) is 30.1 Å². The molecule has 16 heavy (non-hydrogen) atoms. The van der Waals surface area contributed by atoms with E-state index in [1.165, 1.54) is 12.6 Å². The Bertz CT molecular complexity index is 603. The van der Waals surface area contributed by atoms with Gasteiger partial charge in [0.1, 0.15) is 6.33 Å². The third-order valence-electron chi connectivity index (χ3n) is 2.15. The fourth-order valence-electron chi connectivity index (χ4n) is 1.44. The van der Waals surface area contributed by atoms with Gasteiger partial charge in [0.15, 0.2) is 15.7 Å². The molecule has 1 N–H and O–H groups in total. The number of rotatable bonds is 2. The van der Waals surface area contributed by atoms with Crippen LogP contribution in [0.3, 0.4) is 0 Å². The van der Waals surface area contributed by atoms with Crippen LogP contribution in [0.15, 0.2) is 29.4 Å². The van der Waals surface area contributed by atoms with Crippen molar-refractivity contribution in [3.8, 4) is 11.4 Å². The van der Waals surface area contributed by atoms with Gasteiger partial charge in [-0.05, 0) is 30.7 Å². The summed E-state index contributed by atoms with van der Waals surface area (Å²) >= 11 is 0. The Balaban J connectivity index is 2.62. The molecule has 0 unspecified atom stereocenters. The van der Waals surface area contributed by atoms with E-state index in [2.05, 4.69) is 15.2 Å². The van der Waals surface area contributed by atoms with Crippen LogP contribution in [0.2, 0.25) is 0 Å². The number of hydrogen-bond acceptors (Lipinski definition) is 4.